The normalized spacial score (nSPS) is 11.8. The Morgan fingerprint density at radius 1 is 1.08 bits per heavy atom. The van der Waals surface area contributed by atoms with Gasteiger partial charge >= 0.3 is 0 Å². The number of nitrogens with one attached hydrogen (secondary N) is 2. The minimum atomic E-state index is -0.0715. The second-order valence-corrected chi connectivity index (χ2v) is 6.43. The zero-order valence-electron chi connectivity index (χ0n) is 13.6. The molecule has 0 aliphatic heterocycles. The van der Waals surface area contributed by atoms with Crippen LogP contribution in [-0.2, 0) is 4.79 Å². The Bertz CT molecular complexity index is 812. The number of thiazole rings is 1. The quantitative estimate of drug-likeness (QED) is 0.693. The number of aromatic nitrogens is 1. The van der Waals surface area contributed by atoms with Gasteiger partial charge < -0.3 is 10.6 Å². The maximum atomic E-state index is 11.1. The average Bonchev–Trinajstić information content (AvgIpc) is 3.04. The molecule has 1 heterocycles. The summed E-state index contributed by atoms with van der Waals surface area (Å²) in [5.41, 5.74) is 3.98. The van der Waals surface area contributed by atoms with E-state index < -0.39 is 0 Å². The molecule has 1 atom stereocenters. The average molecular weight is 337 g/mol. The van der Waals surface area contributed by atoms with E-state index >= 15 is 0 Å². The van der Waals surface area contributed by atoms with Crippen LogP contribution < -0.4 is 10.6 Å². The lowest BCUT2D eigenvalue weighted by molar-refractivity contribution is -0.114. The molecule has 24 heavy (non-hydrogen) atoms. The van der Waals surface area contributed by atoms with E-state index in [1.54, 1.807) is 11.3 Å². The summed E-state index contributed by atoms with van der Waals surface area (Å²) < 4.78 is 0. The molecule has 0 saturated carbocycles. The lowest BCUT2D eigenvalue weighted by atomic mass is 10.1. The lowest BCUT2D eigenvalue weighted by Crippen LogP contribution is -2.06. The first kappa shape index (κ1) is 16.2. The lowest BCUT2D eigenvalue weighted by Gasteiger charge is -2.12. The number of anilines is 2. The summed E-state index contributed by atoms with van der Waals surface area (Å²) >= 11 is 1.59. The third-order valence-corrected chi connectivity index (χ3v) is 4.42. The van der Waals surface area contributed by atoms with E-state index in [0.717, 1.165) is 22.1 Å². The van der Waals surface area contributed by atoms with Crippen LogP contribution in [0, 0.1) is 0 Å². The molecule has 4 nitrogen and oxygen atoms in total. The molecule has 0 bridgehead atoms. The van der Waals surface area contributed by atoms with E-state index in [1.165, 1.54) is 12.5 Å². The molecular formula is C19H19N3OS. The Balaban J connectivity index is 1.70. The van der Waals surface area contributed by atoms with Gasteiger partial charge in [-0.25, -0.2) is 4.98 Å². The second kappa shape index (κ2) is 7.27. The molecular weight excluding hydrogens is 318 g/mol. The van der Waals surface area contributed by atoms with Gasteiger partial charge in [0.15, 0.2) is 5.13 Å². The fraction of sp³-hybridized carbons (Fsp3) is 0.158. The van der Waals surface area contributed by atoms with Gasteiger partial charge in [-0.05, 0) is 24.6 Å². The van der Waals surface area contributed by atoms with Gasteiger partial charge in [0.05, 0.1) is 11.7 Å². The van der Waals surface area contributed by atoms with E-state index in [-0.39, 0.29) is 11.9 Å². The van der Waals surface area contributed by atoms with Crippen LogP contribution in [0.4, 0.5) is 10.8 Å². The SMILES string of the molecule is CC(=O)Nc1ccc(-c2csc(NC(C)c3ccccc3)n2)cc1. The zero-order chi connectivity index (χ0) is 16.9. The largest absolute Gasteiger partial charge is 0.355 e. The molecule has 1 unspecified atom stereocenters. The molecule has 5 heteroatoms. The van der Waals surface area contributed by atoms with Crippen molar-refractivity contribution in [2.45, 2.75) is 19.9 Å². The number of hydrogen-bond acceptors (Lipinski definition) is 4. The van der Waals surface area contributed by atoms with E-state index in [9.17, 15) is 4.79 Å². The third-order valence-electron chi connectivity index (χ3n) is 3.64. The van der Waals surface area contributed by atoms with Crippen LogP contribution in [0.3, 0.4) is 0 Å². The van der Waals surface area contributed by atoms with Gasteiger partial charge in [-0.15, -0.1) is 11.3 Å². The summed E-state index contributed by atoms with van der Waals surface area (Å²) in [6.07, 6.45) is 0. The van der Waals surface area contributed by atoms with Crippen LogP contribution in [0.15, 0.2) is 60.0 Å². The van der Waals surface area contributed by atoms with E-state index in [2.05, 4.69) is 34.7 Å². The van der Waals surface area contributed by atoms with Crippen molar-refractivity contribution in [2.24, 2.45) is 0 Å². The van der Waals surface area contributed by atoms with Gasteiger partial charge in [-0.3, -0.25) is 4.79 Å². The topological polar surface area (TPSA) is 54.0 Å². The van der Waals surface area contributed by atoms with Crippen LogP contribution >= 0.6 is 11.3 Å². The molecule has 0 radical (unpaired) electrons. The number of rotatable bonds is 5. The summed E-state index contributed by atoms with van der Waals surface area (Å²) in [5, 5.41) is 9.13. The standard InChI is InChI=1S/C19H19N3OS/c1-13(15-6-4-3-5-7-15)20-19-22-18(12-24-19)16-8-10-17(11-9-16)21-14(2)23/h3-13H,1-2H3,(H,20,22)(H,21,23). The summed E-state index contributed by atoms with van der Waals surface area (Å²) in [6.45, 7) is 3.62. The van der Waals surface area contributed by atoms with Crippen molar-refractivity contribution in [3.63, 3.8) is 0 Å². The van der Waals surface area contributed by atoms with Gasteiger partial charge in [-0.1, -0.05) is 42.5 Å². The molecule has 122 valence electrons. The molecule has 0 saturated heterocycles. The zero-order valence-corrected chi connectivity index (χ0v) is 14.4. The molecule has 2 aromatic carbocycles. The molecule has 1 amide bonds. The van der Waals surface area contributed by atoms with E-state index in [1.807, 2.05) is 47.8 Å². The van der Waals surface area contributed by atoms with Crippen LogP contribution in [0.2, 0.25) is 0 Å². The van der Waals surface area contributed by atoms with Crippen molar-refractivity contribution in [2.75, 3.05) is 10.6 Å². The number of hydrogen-bond donors (Lipinski definition) is 2. The Morgan fingerprint density at radius 3 is 2.46 bits per heavy atom. The van der Waals surface area contributed by atoms with Crippen molar-refractivity contribution >= 4 is 28.1 Å². The second-order valence-electron chi connectivity index (χ2n) is 5.57. The van der Waals surface area contributed by atoms with Crippen LogP contribution in [0.5, 0.6) is 0 Å². The van der Waals surface area contributed by atoms with Gasteiger partial charge in [0.1, 0.15) is 0 Å². The predicted molar refractivity (Wildman–Crippen MR) is 100 cm³/mol. The minimum absolute atomic E-state index is 0.0715. The fourth-order valence-corrected chi connectivity index (χ4v) is 3.22. The number of amides is 1. The van der Waals surface area contributed by atoms with Crippen molar-refractivity contribution in [1.29, 1.82) is 0 Å². The van der Waals surface area contributed by atoms with Crippen molar-refractivity contribution < 1.29 is 4.79 Å². The van der Waals surface area contributed by atoms with Crippen LogP contribution in [0.25, 0.3) is 11.3 Å². The Morgan fingerprint density at radius 2 is 1.79 bits per heavy atom. The number of nitrogens with zero attached hydrogens (tertiary/aromatic N) is 1. The summed E-state index contributed by atoms with van der Waals surface area (Å²) in [5.74, 6) is -0.0715. The molecule has 0 aliphatic rings. The number of carbonyl (C=O) groups is 1. The Hall–Kier alpha value is -2.66. The molecule has 3 rings (SSSR count). The van der Waals surface area contributed by atoms with Crippen LogP contribution in [-0.4, -0.2) is 10.9 Å². The fourth-order valence-electron chi connectivity index (χ4n) is 2.41. The van der Waals surface area contributed by atoms with Gasteiger partial charge in [0.25, 0.3) is 0 Å². The summed E-state index contributed by atoms with van der Waals surface area (Å²) in [7, 11) is 0. The van der Waals surface area contributed by atoms with Crippen LogP contribution in [0.1, 0.15) is 25.5 Å². The number of benzene rings is 2. The predicted octanol–water partition coefficient (Wildman–Crippen LogP) is 4.94. The molecule has 1 aromatic heterocycles. The highest BCUT2D eigenvalue weighted by Crippen LogP contribution is 2.28. The highest BCUT2D eigenvalue weighted by molar-refractivity contribution is 7.14. The first-order valence-electron chi connectivity index (χ1n) is 7.77. The van der Waals surface area contributed by atoms with E-state index in [0.29, 0.717) is 0 Å². The monoisotopic (exact) mass is 337 g/mol. The highest BCUT2D eigenvalue weighted by Gasteiger charge is 2.09. The van der Waals surface area contributed by atoms with Gasteiger partial charge in [0.2, 0.25) is 5.91 Å². The van der Waals surface area contributed by atoms with Crippen molar-refractivity contribution in [3.8, 4) is 11.3 Å². The summed E-state index contributed by atoms with van der Waals surface area (Å²) in [4.78, 5) is 15.7. The maximum Gasteiger partial charge on any atom is 0.221 e. The van der Waals surface area contributed by atoms with Crippen molar-refractivity contribution in [3.05, 3.63) is 65.5 Å². The first-order chi connectivity index (χ1) is 11.6. The number of carbonyl (C=O) groups excluding carboxylic acids is 1. The Labute approximate surface area is 145 Å². The van der Waals surface area contributed by atoms with E-state index in [4.69, 9.17) is 0 Å². The highest BCUT2D eigenvalue weighted by atomic mass is 32.1. The molecule has 3 aromatic rings. The molecule has 0 aliphatic carbocycles. The third kappa shape index (κ3) is 4.00. The van der Waals surface area contributed by atoms with Gasteiger partial charge in [0, 0.05) is 23.6 Å². The van der Waals surface area contributed by atoms with Gasteiger partial charge in [-0.2, -0.15) is 0 Å². The molecule has 0 fully saturated rings. The minimum Gasteiger partial charge on any atom is -0.355 e. The maximum absolute atomic E-state index is 11.1. The van der Waals surface area contributed by atoms with Crippen molar-refractivity contribution in [1.82, 2.24) is 4.98 Å². The molecule has 2 N–H and O–H groups in total. The molecule has 0 spiro atoms. The Kier molecular flexibility index (Phi) is 4.91. The first-order valence-corrected chi connectivity index (χ1v) is 8.65. The summed E-state index contributed by atoms with van der Waals surface area (Å²) in [6, 6.07) is 18.2. The smallest absolute Gasteiger partial charge is 0.221 e.